The van der Waals surface area contributed by atoms with Crippen molar-refractivity contribution in [2.24, 2.45) is 0 Å². The molecule has 0 aliphatic carbocycles. The van der Waals surface area contributed by atoms with Crippen LogP contribution in [-0.2, 0) is 0 Å². The molecule has 2 rings (SSSR count). The second-order valence-electron chi connectivity index (χ2n) is 6.47. The van der Waals surface area contributed by atoms with Crippen LogP contribution in [0, 0.1) is 0 Å². The van der Waals surface area contributed by atoms with E-state index in [-0.39, 0.29) is 30.9 Å². The molecule has 4 N–H and O–H groups in total. The smallest absolute Gasteiger partial charge is 0.319 e. The number of anilines is 1. The number of halogens is 2. The first-order valence-electron chi connectivity index (χ1n) is 8.95. The Balaban J connectivity index is 1.73. The molecule has 2 aromatic rings. The fourth-order valence-electron chi connectivity index (χ4n) is 2.32. The van der Waals surface area contributed by atoms with Gasteiger partial charge in [-0.2, -0.15) is 0 Å². The Labute approximate surface area is 179 Å². The highest BCUT2D eigenvalue weighted by Crippen LogP contribution is 2.22. The number of hydrogen-bond donors (Lipinski definition) is 4. The number of carbonyl (C=O) groups excluding carboxylic acids is 3. The first-order valence-corrected chi connectivity index (χ1v) is 9.71. The molecule has 7 nitrogen and oxygen atoms in total. The molecule has 4 amide bonds. The largest absolute Gasteiger partial charge is 0.350 e. The minimum atomic E-state index is -0.423. The van der Waals surface area contributed by atoms with Gasteiger partial charge >= 0.3 is 6.03 Å². The van der Waals surface area contributed by atoms with Gasteiger partial charge < -0.3 is 21.3 Å². The molecule has 0 fully saturated rings. The predicted octanol–water partition coefficient (Wildman–Crippen LogP) is 3.68. The molecule has 0 spiro atoms. The highest BCUT2D eigenvalue weighted by atomic mass is 35.5. The van der Waals surface area contributed by atoms with Crippen molar-refractivity contribution in [2.45, 2.75) is 19.9 Å². The van der Waals surface area contributed by atoms with Gasteiger partial charge in [0.1, 0.15) is 0 Å². The molecule has 0 unspecified atom stereocenters. The molecule has 2 aromatic carbocycles. The van der Waals surface area contributed by atoms with Crippen LogP contribution < -0.4 is 21.3 Å². The van der Waals surface area contributed by atoms with Gasteiger partial charge in [0.05, 0.1) is 10.0 Å². The third-order valence-electron chi connectivity index (χ3n) is 3.70. The summed E-state index contributed by atoms with van der Waals surface area (Å²) in [5.41, 5.74) is 1.43. The summed E-state index contributed by atoms with van der Waals surface area (Å²) in [5.74, 6) is -0.491. The Hall–Kier alpha value is -2.77. The second-order valence-corrected chi connectivity index (χ2v) is 7.29. The van der Waals surface area contributed by atoms with Crippen LogP contribution in [-0.4, -0.2) is 37.0 Å². The summed E-state index contributed by atoms with van der Waals surface area (Å²) in [4.78, 5) is 35.8. The third kappa shape index (κ3) is 7.29. The quantitative estimate of drug-likeness (QED) is 0.498. The van der Waals surface area contributed by atoms with Gasteiger partial charge in [0.25, 0.3) is 11.8 Å². The van der Waals surface area contributed by atoms with Crippen LogP contribution in [0.2, 0.25) is 10.0 Å². The molecule has 0 aliphatic rings. The molecule has 0 heterocycles. The van der Waals surface area contributed by atoms with E-state index in [0.717, 1.165) is 0 Å². The molecular formula is C20H22Cl2N4O3. The van der Waals surface area contributed by atoms with Crippen molar-refractivity contribution in [3.63, 3.8) is 0 Å². The van der Waals surface area contributed by atoms with E-state index in [4.69, 9.17) is 23.2 Å². The molecule has 154 valence electrons. The van der Waals surface area contributed by atoms with Crippen molar-refractivity contribution < 1.29 is 14.4 Å². The lowest BCUT2D eigenvalue weighted by molar-refractivity contribution is 0.0938. The average molecular weight is 437 g/mol. The first-order chi connectivity index (χ1) is 13.8. The van der Waals surface area contributed by atoms with Gasteiger partial charge in [-0.05, 0) is 56.3 Å². The minimum absolute atomic E-state index is 0.0447. The fraction of sp³-hybridized carbons (Fsp3) is 0.250. The number of carbonyl (C=O) groups is 3. The second kappa shape index (κ2) is 10.7. The minimum Gasteiger partial charge on any atom is -0.350 e. The molecule has 0 saturated carbocycles. The maximum absolute atomic E-state index is 12.0. The van der Waals surface area contributed by atoms with Crippen molar-refractivity contribution in [3.05, 3.63) is 63.6 Å². The summed E-state index contributed by atoms with van der Waals surface area (Å²) < 4.78 is 0. The van der Waals surface area contributed by atoms with E-state index in [1.807, 2.05) is 13.8 Å². The molecule has 0 radical (unpaired) electrons. The van der Waals surface area contributed by atoms with E-state index < -0.39 is 6.03 Å². The molecule has 0 saturated heterocycles. The van der Waals surface area contributed by atoms with Crippen LogP contribution in [0.15, 0.2) is 42.5 Å². The van der Waals surface area contributed by atoms with Gasteiger partial charge in [-0.25, -0.2) is 4.79 Å². The van der Waals surface area contributed by atoms with Gasteiger partial charge in [0, 0.05) is 35.9 Å². The first kappa shape index (κ1) is 22.5. The molecule has 0 bridgehead atoms. The lowest BCUT2D eigenvalue weighted by Gasteiger charge is -2.10. The molecular weight excluding hydrogens is 415 g/mol. The Morgan fingerprint density at radius 3 is 2.07 bits per heavy atom. The number of nitrogens with one attached hydrogen (secondary N) is 4. The van der Waals surface area contributed by atoms with E-state index in [1.54, 1.807) is 36.4 Å². The number of rotatable bonds is 7. The number of urea groups is 1. The Morgan fingerprint density at radius 2 is 1.45 bits per heavy atom. The summed E-state index contributed by atoms with van der Waals surface area (Å²) >= 11 is 11.7. The monoisotopic (exact) mass is 436 g/mol. The van der Waals surface area contributed by atoms with E-state index in [2.05, 4.69) is 21.3 Å². The molecule has 0 aliphatic heterocycles. The standard InChI is InChI=1S/C20H22Cl2N4O3/c1-12(2)25-19(28)13-3-6-15(7-4-13)26-20(29)24-10-9-23-18(27)14-5-8-16(21)17(22)11-14/h3-8,11-12H,9-10H2,1-2H3,(H,23,27)(H,25,28)(H2,24,26,29). The molecule has 0 atom stereocenters. The average Bonchev–Trinajstić information content (AvgIpc) is 2.67. The van der Waals surface area contributed by atoms with Crippen LogP contribution in [0.4, 0.5) is 10.5 Å². The highest BCUT2D eigenvalue weighted by Gasteiger charge is 2.09. The molecule has 29 heavy (non-hydrogen) atoms. The summed E-state index contributed by atoms with van der Waals surface area (Å²) in [6.07, 6.45) is 0. The van der Waals surface area contributed by atoms with Gasteiger partial charge in [-0.1, -0.05) is 23.2 Å². The lowest BCUT2D eigenvalue weighted by atomic mass is 10.2. The summed E-state index contributed by atoms with van der Waals surface area (Å²) in [6, 6.07) is 10.7. The Morgan fingerprint density at radius 1 is 0.828 bits per heavy atom. The van der Waals surface area contributed by atoms with Gasteiger partial charge in [-0.15, -0.1) is 0 Å². The van der Waals surface area contributed by atoms with Crippen LogP contribution in [0.25, 0.3) is 0 Å². The van der Waals surface area contributed by atoms with Gasteiger partial charge in [0.15, 0.2) is 0 Å². The van der Waals surface area contributed by atoms with Crippen LogP contribution in [0.5, 0.6) is 0 Å². The maximum Gasteiger partial charge on any atom is 0.319 e. The number of hydrogen-bond acceptors (Lipinski definition) is 3. The number of benzene rings is 2. The van der Waals surface area contributed by atoms with Crippen LogP contribution >= 0.6 is 23.2 Å². The summed E-state index contributed by atoms with van der Waals surface area (Å²) in [5, 5.41) is 11.4. The fourth-order valence-corrected chi connectivity index (χ4v) is 2.62. The van der Waals surface area contributed by atoms with E-state index in [9.17, 15) is 14.4 Å². The van der Waals surface area contributed by atoms with Crippen LogP contribution in [0.1, 0.15) is 34.6 Å². The lowest BCUT2D eigenvalue weighted by Crippen LogP contribution is -2.36. The van der Waals surface area contributed by atoms with Gasteiger partial charge in [0.2, 0.25) is 0 Å². The van der Waals surface area contributed by atoms with E-state index in [1.165, 1.54) is 6.07 Å². The molecule has 9 heteroatoms. The maximum atomic E-state index is 12.0. The zero-order chi connectivity index (χ0) is 21.4. The van der Waals surface area contributed by atoms with Crippen molar-refractivity contribution in [2.75, 3.05) is 18.4 Å². The normalized spacial score (nSPS) is 10.4. The number of amides is 4. The zero-order valence-electron chi connectivity index (χ0n) is 16.0. The Kier molecular flexibility index (Phi) is 8.30. The predicted molar refractivity (Wildman–Crippen MR) is 115 cm³/mol. The zero-order valence-corrected chi connectivity index (χ0v) is 17.5. The SMILES string of the molecule is CC(C)NC(=O)c1ccc(NC(=O)NCCNC(=O)c2ccc(Cl)c(Cl)c2)cc1. The van der Waals surface area contributed by atoms with Gasteiger partial charge in [-0.3, -0.25) is 9.59 Å². The van der Waals surface area contributed by atoms with Crippen molar-refractivity contribution >= 4 is 46.7 Å². The summed E-state index contributed by atoms with van der Waals surface area (Å²) in [6.45, 7) is 4.23. The third-order valence-corrected chi connectivity index (χ3v) is 4.44. The van der Waals surface area contributed by atoms with Crippen LogP contribution in [0.3, 0.4) is 0 Å². The highest BCUT2D eigenvalue weighted by molar-refractivity contribution is 6.42. The molecule has 0 aromatic heterocycles. The van der Waals surface area contributed by atoms with E-state index >= 15 is 0 Å². The summed E-state index contributed by atoms with van der Waals surface area (Å²) in [7, 11) is 0. The topological polar surface area (TPSA) is 99.3 Å². The van der Waals surface area contributed by atoms with E-state index in [0.29, 0.717) is 26.9 Å². The van der Waals surface area contributed by atoms with Crippen molar-refractivity contribution in [1.82, 2.24) is 16.0 Å². The Bertz CT molecular complexity index is 886. The van der Waals surface area contributed by atoms with Crippen molar-refractivity contribution in [1.29, 1.82) is 0 Å². The van der Waals surface area contributed by atoms with Crippen molar-refractivity contribution in [3.8, 4) is 0 Å².